The average Bonchev–Trinajstić information content (AvgIpc) is 3.63. The quantitative estimate of drug-likeness (QED) is 0.0171. The lowest BCUT2D eigenvalue weighted by molar-refractivity contribution is 0.0521. The summed E-state index contributed by atoms with van der Waals surface area (Å²) in [7, 11) is 5.76. The molecular formula is C62H68N4O10S2+2. The second kappa shape index (κ2) is 26.2. The Bertz CT molecular complexity index is 3590. The van der Waals surface area contributed by atoms with E-state index in [2.05, 4.69) is 39.3 Å². The molecule has 4 aromatic rings. The van der Waals surface area contributed by atoms with Crippen LogP contribution in [0.4, 0.5) is 11.4 Å². The Kier molecular flexibility index (Phi) is 19.0. The second-order valence-electron chi connectivity index (χ2n) is 18.1. The van der Waals surface area contributed by atoms with Crippen molar-refractivity contribution in [1.29, 1.82) is 0 Å². The molecule has 16 heteroatoms. The van der Waals surface area contributed by atoms with Gasteiger partial charge in [-0.15, -0.1) is 0 Å². The van der Waals surface area contributed by atoms with Crippen LogP contribution in [-0.2, 0) is 18.9 Å². The van der Waals surface area contributed by atoms with E-state index in [1.165, 1.54) is 35.8 Å². The van der Waals surface area contributed by atoms with E-state index >= 15 is 0 Å². The first-order chi connectivity index (χ1) is 38.0. The van der Waals surface area contributed by atoms with Crippen molar-refractivity contribution in [3.8, 4) is 44.9 Å². The number of ether oxygens (including phenoxy) is 4. The molecule has 406 valence electrons. The Morgan fingerprint density at radius 3 is 1.40 bits per heavy atom. The summed E-state index contributed by atoms with van der Waals surface area (Å²) in [5.41, 5.74) is 8.68. The molecule has 0 atom stereocenters. The van der Waals surface area contributed by atoms with Crippen molar-refractivity contribution in [3.63, 3.8) is 0 Å². The molecule has 1 N–H and O–H groups in total. The Balaban J connectivity index is 0.995. The van der Waals surface area contributed by atoms with Crippen LogP contribution in [-0.4, -0.2) is 109 Å². The molecule has 0 fully saturated rings. The molecule has 4 aromatic carbocycles. The van der Waals surface area contributed by atoms with Gasteiger partial charge in [0, 0.05) is 87.7 Å². The number of hydrogen-bond acceptors (Lipinski definition) is 14. The first-order valence-electron chi connectivity index (χ1n) is 26.6. The summed E-state index contributed by atoms with van der Waals surface area (Å²) in [5.74, 6) is 0.130. The first kappa shape index (κ1) is 56.6. The van der Waals surface area contributed by atoms with Crippen LogP contribution in [0.25, 0.3) is 66.8 Å². The maximum absolute atomic E-state index is 14.1. The standard InChI is InChI=1S/C62H67N4O10S2/c1-10-63-39-25-27-45-53(33-39)75-55-37-51(65(13-4)14-5)47(59(67)71-8)35-49(55)57(45)41-21-17-19-23-43(41)61(69)73-29-31-77-78-32-30-74-62(70)44-24-20-18-22-42(44)58-46-28-26-40(64(11-2)12-3)34-54(46)76-56-38-52(66(15-6)16-7)48(36-50(56)58)60(68)72-9/h17-28,33-38H,10-16,29-32H2,1-9H3/q+1/p+1. The van der Waals surface area contributed by atoms with Gasteiger partial charge in [-0.3, -0.25) is 0 Å². The molecule has 8 rings (SSSR count). The van der Waals surface area contributed by atoms with Gasteiger partial charge in [-0.05, 0) is 108 Å². The molecule has 0 radical (unpaired) electrons. The van der Waals surface area contributed by atoms with E-state index in [1.54, 1.807) is 24.3 Å². The number of esters is 4. The fraction of sp³-hybridized carbons (Fsp3) is 0.323. The zero-order valence-corrected chi connectivity index (χ0v) is 47.5. The van der Waals surface area contributed by atoms with E-state index < -0.39 is 23.9 Å². The fourth-order valence-corrected chi connectivity index (χ4v) is 11.7. The number of nitrogens with zero attached hydrogens (tertiary/aromatic N) is 3. The highest BCUT2D eigenvalue weighted by molar-refractivity contribution is 8.76. The van der Waals surface area contributed by atoms with Gasteiger partial charge in [-0.25, -0.2) is 28.3 Å². The van der Waals surface area contributed by atoms with Crippen molar-refractivity contribution >= 4 is 78.8 Å². The molecule has 0 unspecified atom stereocenters. The average molecular weight is 1090 g/mol. The molecule has 2 heterocycles. The number of rotatable bonds is 22. The predicted octanol–water partition coefficient (Wildman–Crippen LogP) is 11.6. The minimum absolute atomic E-state index is 0.130. The SMILES string of the molecule is CCNc1ccc2c(-c3ccccc3C(=O)OCCSSCCOC(=O)c3ccccc3-c3c4cc(C(=O)OC)c(=[N+](CC)CC)cc-4oc4cc(N(CC)CC)ccc34)c3cc(C(=O)OC)c(=[N+](CC)CC)cc-3oc2c1. The summed E-state index contributed by atoms with van der Waals surface area (Å²) in [5, 5.41) is 6.29. The van der Waals surface area contributed by atoms with Crippen LogP contribution in [0, 0.1) is 0 Å². The molecule has 0 saturated carbocycles. The largest absolute Gasteiger partial charge is 0.465 e. The number of carbonyl (C=O) groups is 4. The van der Waals surface area contributed by atoms with E-state index in [9.17, 15) is 19.2 Å². The monoisotopic (exact) mass is 1090 g/mol. The van der Waals surface area contributed by atoms with E-state index in [4.69, 9.17) is 27.8 Å². The zero-order valence-electron chi connectivity index (χ0n) is 45.9. The van der Waals surface area contributed by atoms with Gasteiger partial charge in [0.05, 0.1) is 37.5 Å². The van der Waals surface area contributed by atoms with Crippen molar-refractivity contribution in [3.05, 3.63) is 142 Å². The Hall–Kier alpha value is -7.56. The van der Waals surface area contributed by atoms with Crippen LogP contribution in [0.2, 0.25) is 0 Å². The lowest BCUT2D eigenvalue weighted by Crippen LogP contribution is -2.34. The number of nitrogens with one attached hydrogen (secondary N) is 1. The van der Waals surface area contributed by atoms with Gasteiger partial charge in [0.1, 0.15) is 73.2 Å². The predicted molar refractivity (Wildman–Crippen MR) is 315 cm³/mol. The highest BCUT2D eigenvalue weighted by Gasteiger charge is 2.29. The normalized spacial score (nSPS) is 11.2. The maximum atomic E-state index is 14.1. The van der Waals surface area contributed by atoms with Crippen LogP contribution < -0.4 is 30.1 Å². The fourth-order valence-electron chi connectivity index (χ4n) is 10.1. The Morgan fingerprint density at radius 1 is 0.513 bits per heavy atom. The molecule has 0 amide bonds. The van der Waals surface area contributed by atoms with E-state index in [-0.39, 0.29) is 13.2 Å². The van der Waals surface area contributed by atoms with E-state index in [0.29, 0.717) is 116 Å². The summed E-state index contributed by atoms with van der Waals surface area (Å²) >= 11 is 0. The molecule has 0 saturated heterocycles. The number of methoxy groups -OCH3 is 2. The zero-order chi connectivity index (χ0) is 55.5. The van der Waals surface area contributed by atoms with E-state index in [0.717, 1.165) is 52.9 Å². The summed E-state index contributed by atoms with van der Waals surface area (Å²) < 4.78 is 39.9. The molecule has 4 aliphatic rings. The molecule has 14 nitrogen and oxygen atoms in total. The van der Waals surface area contributed by atoms with Gasteiger partial charge in [0.25, 0.3) is 0 Å². The number of hydrogen-bond donors (Lipinski definition) is 1. The summed E-state index contributed by atoms with van der Waals surface area (Å²) in [6.45, 7) is 19.6. The molecule has 2 aliphatic heterocycles. The van der Waals surface area contributed by atoms with Crippen molar-refractivity contribution < 1.29 is 47.0 Å². The lowest BCUT2D eigenvalue weighted by Gasteiger charge is -2.23. The number of fused-ring (bicyclic) bond motifs is 4. The Labute approximate surface area is 463 Å². The maximum Gasteiger partial charge on any atom is 0.344 e. The van der Waals surface area contributed by atoms with Crippen LogP contribution in [0.1, 0.15) is 89.9 Å². The van der Waals surface area contributed by atoms with Crippen LogP contribution in [0.5, 0.6) is 0 Å². The highest BCUT2D eigenvalue weighted by Crippen LogP contribution is 2.44. The number of carbonyl (C=O) groups excluding carboxylic acids is 4. The third kappa shape index (κ3) is 11.8. The summed E-state index contributed by atoms with van der Waals surface area (Å²) in [6, 6.07) is 34.0. The molecule has 0 spiro atoms. The lowest BCUT2D eigenvalue weighted by atomic mass is 9.89. The Morgan fingerprint density at radius 2 is 0.962 bits per heavy atom. The van der Waals surface area contributed by atoms with Crippen LogP contribution >= 0.6 is 21.6 Å². The summed E-state index contributed by atoms with van der Waals surface area (Å²) in [6.07, 6.45) is 0. The third-order valence-electron chi connectivity index (χ3n) is 13.9. The minimum atomic E-state index is -0.495. The molecule has 0 bridgehead atoms. The van der Waals surface area contributed by atoms with Gasteiger partial charge >= 0.3 is 23.9 Å². The van der Waals surface area contributed by atoms with Gasteiger partial charge in [0.2, 0.25) is 10.7 Å². The van der Waals surface area contributed by atoms with Crippen molar-refractivity contribution in [2.45, 2.75) is 48.5 Å². The smallest absolute Gasteiger partial charge is 0.344 e. The highest BCUT2D eigenvalue weighted by atomic mass is 33.1. The van der Waals surface area contributed by atoms with Gasteiger partial charge in [-0.1, -0.05) is 58.0 Å². The van der Waals surface area contributed by atoms with Crippen molar-refractivity contribution in [2.75, 3.05) is 95.0 Å². The number of benzene rings is 6. The summed E-state index contributed by atoms with van der Waals surface area (Å²) in [4.78, 5) is 57.2. The third-order valence-corrected chi connectivity index (χ3v) is 16.2. The van der Waals surface area contributed by atoms with Crippen LogP contribution in [0.15, 0.2) is 118 Å². The molecule has 2 aliphatic carbocycles. The minimum Gasteiger partial charge on any atom is -0.465 e. The number of anilines is 2. The topological polar surface area (TPSA) is 153 Å². The first-order valence-corrected chi connectivity index (χ1v) is 29.1. The van der Waals surface area contributed by atoms with Crippen molar-refractivity contribution in [1.82, 2.24) is 9.15 Å². The van der Waals surface area contributed by atoms with Gasteiger partial charge in [-0.2, -0.15) is 0 Å². The van der Waals surface area contributed by atoms with Crippen molar-refractivity contribution in [2.24, 2.45) is 0 Å². The molecular weight excluding hydrogens is 1020 g/mol. The molecule has 78 heavy (non-hydrogen) atoms. The van der Waals surface area contributed by atoms with E-state index in [1.807, 2.05) is 113 Å². The molecule has 0 aromatic heterocycles. The van der Waals surface area contributed by atoms with Gasteiger partial charge < -0.3 is 38.0 Å². The van der Waals surface area contributed by atoms with Crippen LogP contribution in [0.3, 0.4) is 0 Å². The second-order valence-corrected chi connectivity index (χ2v) is 20.8. The van der Waals surface area contributed by atoms with Gasteiger partial charge in [0.15, 0.2) is 0 Å².